The van der Waals surface area contributed by atoms with Gasteiger partial charge in [0, 0.05) is 0 Å². The van der Waals surface area contributed by atoms with Gasteiger partial charge < -0.3 is 10.2 Å². The number of aliphatic hydroxyl groups is 2. The molecule has 0 saturated heterocycles. The molecule has 10 heavy (non-hydrogen) atoms. The van der Waals surface area contributed by atoms with Crippen LogP contribution < -0.4 is 0 Å². The van der Waals surface area contributed by atoms with Gasteiger partial charge in [-0.1, -0.05) is 5.57 Å². The highest BCUT2D eigenvalue weighted by Gasteiger charge is 2.16. The van der Waals surface area contributed by atoms with Gasteiger partial charge in [0.1, 0.15) is 6.17 Å². The van der Waals surface area contributed by atoms with E-state index in [9.17, 15) is 4.39 Å². The molecule has 0 radical (unpaired) electrons. The van der Waals surface area contributed by atoms with Crippen LogP contribution in [0.1, 0.15) is 13.3 Å². The lowest BCUT2D eigenvalue weighted by Crippen LogP contribution is -2.25. The zero-order valence-electron chi connectivity index (χ0n) is 6.05. The zero-order valence-corrected chi connectivity index (χ0v) is 6.05. The largest absolute Gasteiger partial charge is 0.393 e. The van der Waals surface area contributed by atoms with Crippen LogP contribution in [0.4, 0.5) is 4.39 Å². The van der Waals surface area contributed by atoms with E-state index in [0.717, 1.165) is 0 Å². The molecule has 0 fully saturated rings. The lowest BCUT2D eigenvalue weighted by molar-refractivity contribution is 0.0407. The van der Waals surface area contributed by atoms with E-state index in [0.29, 0.717) is 5.57 Å². The summed E-state index contributed by atoms with van der Waals surface area (Å²) >= 11 is 0. The van der Waals surface area contributed by atoms with Crippen LogP contribution >= 0.6 is 0 Å². The molecule has 0 spiro atoms. The van der Waals surface area contributed by atoms with Crippen LogP contribution in [-0.2, 0) is 0 Å². The van der Waals surface area contributed by atoms with E-state index in [1.807, 2.05) is 0 Å². The maximum Gasteiger partial charge on any atom is 0.149 e. The number of hydrogen-bond acceptors (Lipinski definition) is 2. The minimum Gasteiger partial charge on any atom is -0.393 e. The molecule has 60 valence electrons. The SMILES string of the molecule is C=C(C)C[C@@H](O)[C@@H](F)CO. The highest BCUT2D eigenvalue weighted by molar-refractivity contribution is 4.92. The number of aliphatic hydroxyl groups excluding tert-OH is 2. The summed E-state index contributed by atoms with van der Waals surface area (Å²) in [5.74, 6) is 0. The van der Waals surface area contributed by atoms with E-state index >= 15 is 0 Å². The minimum absolute atomic E-state index is 0.210. The second-order valence-electron chi connectivity index (χ2n) is 2.43. The van der Waals surface area contributed by atoms with Gasteiger partial charge in [0.2, 0.25) is 0 Å². The number of alkyl halides is 1. The first-order chi connectivity index (χ1) is 4.57. The van der Waals surface area contributed by atoms with Crippen LogP contribution in [0, 0.1) is 0 Å². The number of halogens is 1. The van der Waals surface area contributed by atoms with Crippen LogP contribution in [0.25, 0.3) is 0 Å². The molecule has 0 aromatic heterocycles. The molecule has 2 atom stereocenters. The molecule has 0 heterocycles. The average molecular weight is 148 g/mol. The first-order valence-electron chi connectivity index (χ1n) is 3.15. The van der Waals surface area contributed by atoms with Crippen LogP contribution in [0.3, 0.4) is 0 Å². The summed E-state index contributed by atoms with van der Waals surface area (Å²) in [5.41, 5.74) is 0.712. The van der Waals surface area contributed by atoms with E-state index in [1.54, 1.807) is 6.92 Å². The van der Waals surface area contributed by atoms with Crippen LogP contribution in [0.15, 0.2) is 12.2 Å². The van der Waals surface area contributed by atoms with Crippen molar-refractivity contribution in [1.29, 1.82) is 0 Å². The Bertz CT molecular complexity index is 114. The fourth-order valence-electron chi connectivity index (χ4n) is 0.607. The molecule has 0 rings (SSSR count). The fourth-order valence-corrected chi connectivity index (χ4v) is 0.607. The molecule has 0 aliphatic carbocycles. The maximum absolute atomic E-state index is 12.3. The fraction of sp³-hybridized carbons (Fsp3) is 0.714. The molecule has 2 N–H and O–H groups in total. The summed E-state index contributed by atoms with van der Waals surface area (Å²) < 4.78 is 12.3. The second-order valence-corrected chi connectivity index (χ2v) is 2.43. The smallest absolute Gasteiger partial charge is 0.149 e. The van der Waals surface area contributed by atoms with Gasteiger partial charge in [-0.25, -0.2) is 4.39 Å². The lowest BCUT2D eigenvalue weighted by atomic mass is 10.1. The molecule has 0 aromatic rings. The normalized spacial score (nSPS) is 16.4. The second kappa shape index (κ2) is 4.41. The Hall–Kier alpha value is -0.410. The van der Waals surface area contributed by atoms with Crippen molar-refractivity contribution >= 4 is 0 Å². The van der Waals surface area contributed by atoms with Crippen LogP contribution in [0.5, 0.6) is 0 Å². The van der Waals surface area contributed by atoms with Crippen LogP contribution in [0.2, 0.25) is 0 Å². The summed E-state index contributed by atoms with van der Waals surface area (Å²) in [6, 6.07) is 0. The van der Waals surface area contributed by atoms with Crippen molar-refractivity contribution in [2.45, 2.75) is 25.6 Å². The van der Waals surface area contributed by atoms with Crippen molar-refractivity contribution in [2.24, 2.45) is 0 Å². The van der Waals surface area contributed by atoms with Crippen molar-refractivity contribution in [3.8, 4) is 0 Å². The molecular formula is C7H13FO2. The maximum atomic E-state index is 12.3. The summed E-state index contributed by atoms with van der Waals surface area (Å²) in [6.45, 7) is 4.57. The first-order valence-corrected chi connectivity index (χ1v) is 3.15. The lowest BCUT2D eigenvalue weighted by Gasteiger charge is -2.12. The van der Waals surface area contributed by atoms with Gasteiger partial charge in [-0.3, -0.25) is 0 Å². The van der Waals surface area contributed by atoms with Gasteiger partial charge in [0.25, 0.3) is 0 Å². The Morgan fingerprint density at radius 2 is 2.20 bits per heavy atom. The van der Waals surface area contributed by atoms with Gasteiger partial charge in [-0.2, -0.15) is 0 Å². The topological polar surface area (TPSA) is 40.5 Å². The molecule has 0 bridgehead atoms. The number of rotatable bonds is 4. The molecule has 0 aliphatic heterocycles. The Morgan fingerprint density at radius 3 is 2.50 bits per heavy atom. The first kappa shape index (κ1) is 9.59. The highest BCUT2D eigenvalue weighted by atomic mass is 19.1. The Morgan fingerprint density at radius 1 is 1.70 bits per heavy atom. The van der Waals surface area contributed by atoms with E-state index in [2.05, 4.69) is 6.58 Å². The Kier molecular flexibility index (Phi) is 4.23. The zero-order chi connectivity index (χ0) is 8.15. The highest BCUT2D eigenvalue weighted by Crippen LogP contribution is 2.07. The molecule has 0 unspecified atom stereocenters. The van der Waals surface area contributed by atoms with Gasteiger partial charge in [0.15, 0.2) is 0 Å². The third kappa shape index (κ3) is 3.58. The van der Waals surface area contributed by atoms with E-state index in [-0.39, 0.29) is 6.42 Å². The van der Waals surface area contributed by atoms with Crippen molar-refractivity contribution in [3.05, 3.63) is 12.2 Å². The molecule has 0 saturated carbocycles. The summed E-state index contributed by atoms with van der Waals surface area (Å²) in [4.78, 5) is 0. The molecule has 3 heteroatoms. The van der Waals surface area contributed by atoms with Crippen molar-refractivity contribution in [1.82, 2.24) is 0 Å². The van der Waals surface area contributed by atoms with Gasteiger partial charge >= 0.3 is 0 Å². The van der Waals surface area contributed by atoms with Crippen LogP contribution in [-0.4, -0.2) is 29.1 Å². The molecular weight excluding hydrogens is 135 g/mol. The summed E-state index contributed by atoms with van der Waals surface area (Å²) in [7, 11) is 0. The monoisotopic (exact) mass is 148 g/mol. The molecule has 2 nitrogen and oxygen atoms in total. The predicted octanol–water partition coefficient (Wildman–Crippen LogP) is 0.644. The number of hydrogen-bond donors (Lipinski definition) is 2. The Balaban J connectivity index is 3.61. The summed E-state index contributed by atoms with van der Waals surface area (Å²) in [5, 5.41) is 17.1. The third-order valence-electron chi connectivity index (χ3n) is 1.15. The quantitative estimate of drug-likeness (QED) is 0.574. The minimum atomic E-state index is -1.54. The predicted molar refractivity (Wildman–Crippen MR) is 37.4 cm³/mol. The third-order valence-corrected chi connectivity index (χ3v) is 1.15. The molecule has 0 aliphatic rings. The van der Waals surface area contributed by atoms with E-state index in [1.165, 1.54) is 0 Å². The van der Waals surface area contributed by atoms with Crippen molar-refractivity contribution in [2.75, 3.05) is 6.61 Å². The van der Waals surface area contributed by atoms with Gasteiger partial charge in [-0.15, -0.1) is 6.58 Å². The van der Waals surface area contributed by atoms with Gasteiger partial charge in [-0.05, 0) is 13.3 Å². The Labute approximate surface area is 60.0 Å². The van der Waals surface area contributed by atoms with Crippen molar-refractivity contribution in [3.63, 3.8) is 0 Å². The standard InChI is InChI=1S/C7H13FO2/c1-5(2)3-7(10)6(8)4-9/h6-7,9-10H,1,3-4H2,2H3/t6-,7+/m0/s1. The summed E-state index contributed by atoms with van der Waals surface area (Å²) in [6.07, 6.45) is -2.44. The average Bonchev–Trinajstić information content (AvgIpc) is 1.85. The molecule has 0 amide bonds. The molecule has 0 aromatic carbocycles. The van der Waals surface area contributed by atoms with Crippen molar-refractivity contribution < 1.29 is 14.6 Å². The van der Waals surface area contributed by atoms with E-state index in [4.69, 9.17) is 10.2 Å². The van der Waals surface area contributed by atoms with Gasteiger partial charge in [0.05, 0.1) is 12.7 Å². The van der Waals surface area contributed by atoms with E-state index < -0.39 is 18.9 Å².